The number of aromatic nitrogens is 4. The normalized spacial score (nSPS) is 16.3. The monoisotopic (exact) mass is 756 g/mol. The minimum atomic E-state index is -1.55. The van der Waals surface area contributed by atoms with Crippen molar-refractivity contribution in [2.45, 2.75) is 77.0 Å². The zero-order valence-electron chi connectivity index (χ0n) is 31.6. The molecule has 0 spiro atoms. The molecule has 13 nitrogen and oxygen atoms in total. The fraction of sp³-hybridized carbons (Fsp3) is 0.400. The SMILES string of the molecule is CC(C)N(C(C)C)P(O)OCCC#N.COc1ccc(C(OCC2CCC(n3cnc4c(=O)[nH]cnc43)O2)(c2ccccc2)c2ccc(OC)cc2)cc1. The largest absolute Gasteiger partial charge is 0.497 e. The van der Waals surface area contributed by atoms with E-state index < -0.39 is 14.1 Å². The summed E-state index contributed by atoms with van der Waals surface area (Å²) in [6, 6.07) is 28.6. The number of nitrogens with zero attached hydrogens (tertiary/aromatic N) is 5. The van der Waals surface area contributed by atoms with Gasteiger partial charge in [-0.3, -0.25) is 9.36 Å². The number of methoxy groups -OCH3 is 2. The average Bonchev–Trinajstić information content (AvgIpc) is 3.84. The van der Waals surface area contributed by atoms with Gasteiger partial charge in [-0.1, -0.05) is 54.6 Å². The fourth-order valence-electron chi connectivity index (χ4n) is 6.61. The maximum atomic E-state index is 12.1. The lowest BCUT2D eigenvalue weighted by Crippen LogP contribution is -2.35. The second-order valence-corrected chi connectivity index (χ2v) is 14.4. The van der Waals surface area contributed by atoms with Crippen molar-refractivity contribution in [1.29, 1.82) is 5.26 Å². The molecular formula is C40H49N6O7P. The summed E-state index contributed by atoms with van der Waals surface area (Å²) in [4.78, 5) is 33.0. The Labute approximate surface area is 317 Å². The standard InChI is InChI=1S/C31H30N4O5.C9H19N2O2P/c1-37-24-12-8-22(9-13-24)31(21-6-4-3-5-7-21,23-10-14-25(38-2)15-11-23)39-18-26-16-17-27(40-26)35-20-34-28-29(35)32-19-33-30(28)36;1-8(2)11(9(3)4)14(12)13-7-5-6-10/h3-15,19-20,26-27H,16-18H2,1-2H3,(H,32,33,36);8-9,12H,5,7H2,1-4H3. The van der Waals surface area contributed by atoms with Crippen LogP contribution < -0.4 is 15.0 Å². The molecule has 3 atom stereocenters. The van der Waals surface area contributed by atoms with E-state index in [0.29, 0.717) is 30.8 Å². The number of hydrogen-bond donors (Lipinski definition) is 2. The van der Waals surface area contributed by atoms with E-state index in [4.69, 9.17) is 28.7 Å². The van der Waals surface area contributed by atoms with E-state index in [1.54, 1.807) is 20.5 Å². The van der Waals surface area contributed by atoms with Crippen molar-refractivity contribution in [3.8, 4) is 17.6 Å². The van der Waals surface area contributed by atoms with E-state index in [9.17, 15) is 9.69 Å². The van der Waals surface area contributed by atoms with Gasteiger partial charge in [0.1, 0.15) is 23.3 Å². The second kappa shape index (κ2) is 19.1. The lowest BCUT2D eigenvalue weighted by Gasteiger charge is -2.37. The highest BCUT2D eigenvalue weighted by Crippen LogP contribution is 2.43. The minimum Gasteiger partial charge on any atom is -0.497 e. The van der Waals surface area contributed by atoms with Gasteiger partial charge >= 0.3 is 0 Å². The molecule has 286 valence electrons. The minimum absolute atomic E-state index is 0.177. The Kier molecular flexibility index (Phi) is 14.3. The smallest absolute Gasteiger partial charge is 0.278 e. The maximum Gasteiger partial charge on any atom is 0.278 e. The maximum absolute atomic E-state index is 12.1. The molecule has 5 aromatic rings. The quantitative estimate of drug-likeness (QED) is 0.0639. The zero-order chi connectivity index (χ0) is 38.7. The first-order chi connectivity index (χ1) is 26.1. The molecule has 0 amide bonds. The van der Waals surface area contributed by atoms with Gasteiger partial charge < -0.3 is 33.3 Å². The summed E-state index contributed by atoms with van der Waals surface area (Å²) >= 11 is 0. The van der Waals surface area contributed by atoms with Gasteiger partial charge in [-0.25, -0.2) is 14.6 Å². The van der Waals surface area contributed by atoms with Gasteiger partial charge in [0.2, 0.25) is 0 Å². The molecule has 2 aromatic heterocycles. The van der Waals surface area contributed by atoms with Gasteiger partial charge in [-0.15, -0.1) is 0 Å². The van der Waals surface area contributed by atoms with E-state index in [1.165, 1.54) is 6.33 Å². The van der Waals surface area contributed by atoms with E-state index in [0.717, 1.165) is 41.0 Å². The number of rotatable bonds is 15. The van der Waals surface area contributed by atoms with Crippen molar-refractivity contribution in [3.63, 3.8) is 0 Å². The number of H-pyrrole nitrogens is 1. The van der Waals surface area contributed by atoms with Crippen LogP contribution in [0.15, 0.2) is 96.3 Å². The van der Waals surface area contributed by atoms with Gasteiger partial charge in [-0.05, 0) is 81.5 Å². The van der Waals surface area contributed by atoms with E-state index in [2.05, 4.69) is 27.1 Å². The van der Waals surface area contributed by atoms with Crippen LogP contribution in [0.2, 0.25) is 0 Å². The third-order valence-electron chi connectivity index (χ3n) is 9.10. The van der Waals surface area contributed by atoms with Crippen molar-refractivity contribution < 1.29 is 28.4 Å². The van der Waals surface area contributed by atoms with Crippen LogP contribution in [-0.4, -0.2) is 74.7 Å². The van der Waals surface area contributed by atoms with Gasteiger partial charge in [0, 0.05) is 12.1 Å². The van der Waals surface area contributed by atoms with E-state index >= 15 is 0 Å². The molecule has 54 heavy (non-hydrogen) atoms. The van der Waals surface area contributed by atoms with Crippen LogP contribution in [0.3, 0.4) is 0 Å². The topological polar surface area (TPSA) is 157 Å². The highest BCUT2D eigenvalue weighted by atomic mass is 31.2. The van der Waals surface area contributed by atoms with Crippen LogP contribution in [0.25, 0.3) is 11.2 Å². The van der Waals surface area contributed by atoms with E-state index in [-0.39, 0.29) is 30.0 Å². The summed E-state index contributed by atoms with van der Waals surface area (Å²) in [5.74, 6) is 1.53. The fourth-order valence-corrected chi connectivity index (χ4v) is 7.79. The molecule has 1 fully saturated rings. The van der Waals surface area contributed by atoms with Crippen molar-refractivity contribution in [1.82, 2.24) is 24.2 Å². The van der Waals surface area contributed by atoms with Crippen LogP contribution >= 0.6 is 8.53 Å². The molecule has 0 radical (unpaired) electrons. The molecule has 3 heterocycles. The molecule has 1 aliphatic rings. The third-order valence-corrected chi connectivity index (χ3v) is 10.8. The molecule has 3 aromatic carbocycles. The van der Waals surface area contributed by atoms with Gasteiger partial charge in [0.25, 0.3) is 14.1 Å². The summed E-state index contributed by atoms with van der Waals surface area (Å²) in [5, 5.41) is 8.32. The molecule has 3 unspecified atom stereocenters. The van der Waals surface area contributed by atoms with Gasteiger partial charge in [-0.2, -0.15) is 5.26 Å². The number of ether oxygens (including phenoxy) is 4. The predicted molar refractivity (Wildman–Crippen MR) is 207 cm³/mol. The van der Waals surface area contributed by atoms with Crippen molar-refractivity contribution in [2.75, 3.05) is 27.4 Å². The second-order valence-electron chi connectivity index (χ2n) is 13.2. The Morgan fingerprint density at radius 2 is 1.54 bits per heavy atom. The molecule has 0 bridgehead atoms. The van der Waals surface area contributed by atoms with Crippen LogP contribution in [0.5, 0.6) is 11.5 Å². The Balaban J connectivity index is 0.000000342. The van der Waals surface area contributed by atoms with Gasteiger partial charge in [0.05, 0.1) is 58.7 Å². The van der Waals surface area contributed by atoms with Crippen molar-refractivity contribution in [2.24, 2.45) is 0 Å². The molecule has 0 aliphatic carbocycles. The van der Waals surface area contributed by atoms with Gasteiger partial charge in [0.15, 0.2) is 11.2 Å². The first-order valence-corrected chi connectivity index (χ1v) is 19.1. The molecule has 0 saturated carbocycles. The van der Waals surface area contributed by atoms with Crippen molar-refractivity contribution in [3.05, 3.63) is 119 Å². The van der Waals surface area contributed by atoms with Crippen LogP contribution in [0.1, 0.15) is 69.9 Å². The number of aromatic amines is 1. The lowest BCUT2D eigenvalue weighted by atomic mass is 9.80. The average molecular weight is 757 g/mol. The first kappa shape index (κ1) is 40.5. The molecule has 1 saturated heterocycles. The van der Waals surface area contributed by atoms with Crippen molar-refractivity contribution >= 4 is 19.7 Å². The summed E-state index contributed by atoms with van der Waals surface area (Å²) < 4.78 is 33.2. The molecular weight excluding hydrogens is 707 g/mol. The Morgan fingerprint density at radius 1 is 0.944 bits per heavy atom. The van der Waals surface area contributed by atoms with Crippen LogP contribution in [0, 0.1) is 11.3 Å². The summed E-state index contributed by atoms with van der Waals surface area (Å²) in [7, 11) is 1.76. The molecule has 2 N–H and O–H groups in total. The molecule has 14 heteroatoms. The summed E-state index contributed by atoms with van der Waals surface area (Å²) in [6.07, 6.45) is 4.38. The Bertz CT molecular complexity index is 1940. The Hall–Kier alpha value is -4.67. The Morgan fingerprint density at radius 3 is 2.09 bits per heavy atom. The van der Waals surface area contributed by atoms with E-state index in [1.807, 2.05) is 110 Å². The molecule has 6 rings (SSSR count). The highest BCUT2D eigenvalue weighted by molar-refractivity contribution is 7.43. The number of nitriles is 1. The van der Waals surface area contributed by atoms with Crippen LogP contribution in [-0.2, 0) is 19.6 Å². The predicted octanol–water partition coefficient (Wildman–Crippen LogP) is 7.08. The summed E-state index contributed by atoms with van der Waals surface area (Å²) in [5.41, 5.74) is 2.53. The zero-order valence-corrected chi connectivity index (χ0v) is 32.5. The van der Waals surface area contributed by atoms with Crippen LogP contribution in [0.4, 0.5) is 0 Å². The number of hydrogen-bond acceptors (Lipinski definition) is 11. The number of fused-ring (bicyclic) bond motifs is 1. The highest BCUT2D eigenvalue weighted by Gasteiger charge is 2.40. The third kappa shape index (κ3) is 9.33. The number of imidazole rings is 1. The number of benzene rings is 3. The first-order valence-electron chi connectivity index (χ1n) is 17.9. The number of nitrogens with one attached hydrogen (secondary N) is 1. The summed E-state index contributed by atoms with van der Waals surface area (Å²) in [6.45, 7) is 8.69. The lowest BCUT2D eigenvalue weighted by molar-refractivity contribution is -0.0756. The molecule has 1 aliphatic heterocycles.